The molecule has 2 heterocycles. The lowest BCUT2D eigenvalue weighted by molar-refractivity contribution is 0.515. The molecule has 0 aliphatic rings. The van der Waals surface area contributed by atoms with E-state index in [2.05, 4.69) is 20.2 Å². The Morgan fingerprint density at radius 1 is 1.20 bits per heavy atom. The minimum atomic E-state index is -0.943. The molecule has 4 nitrogen and oxygen atoms in total. The van der Waals surface area contributed by atoms with E-state index in [1.165, 1.54) is 6.07 Å². The van der Waals surface area contributed by atoms with Crippen molar-refractivity contribution < 1.29 is 8.78 Å². The van der Waals surface area contributed by atoms with Crippen LogP contribution in [0.25, 0.3) is 22.4 Å². The highest BCUT2D eigenvalue weighted by atomic mass is 19.2. The number of aromatic amines is 1. The summed E-state index contributed by atoms with van der Waals surface area (Å²) in [5, 5.41) is 8.10. The lowest BCUT2D eigenvalue weighted by Crippen LogP contribution is -1.98. The van der Waals surface area contributed by atoms with Gasteiger partial charge in [-0.15, -0.1) is 0 Å². The van der Waals surface area contributed by atoms with Crippen LogP contribution >= 0.6 is 0 Å². The fraction of sp³-hybridized carbons (Fsp3) is 0.214. The summed E-state index contributed by atoms with van der Waals surface area (Å²) in [6.45, 7) is 3.77. The monoisotopic (exact) mass is 274 g/mol. The van der Waals surface area contributed by atoms with Gasteiger partial charge in [0.2, 0.25) is 0 Å². The van der Waals surface area contributed by atoms with Crippen LogP contribution < -0.4 is 0 Å². The van der Waals surface area contributed by atoms with E-state index in [0.717, 1.165) is 23.0 Å². The summed E-state index contributed by atoms with van der Waals surface area (Å²) in [7, 11) is 0. The van der Waals surface area contributed by atoms with Crippen molar-refractivity contribution in [3.63, 3.8) is 0 Å². The van der Waals surface area contributed by atoms with Crippen molar-refractivity contribution in [2.45, 2.75) is 20.3 Å². The average Bonchev–Trinajstić information content (AvgIpc) is 2.88. The van der Waals surface area contributed by atoms with Crippen LogP contribution in [0.1, 0.15) is 18.3 Å². The van der Waals surface area contributed by atoms with Gasteiger partial charge in [-0.25, -0.2) is 13.8 Å². The lowest BCUT2D eigenvalue weighted by atomic mass is 10.1. The minimum Gasteiger partial charge on any atom is -0.338 e. The standard InChI is InChI=1S/C14H12F2N4/c1-3-10-8(6-7(2)19-20-10)14-17-11-5-4-9(15)12(16)13(11)18-14/h4-6H,3H2,1-2H3,(H,17,18). The molecule has 0 amide bonds. The molecule has 1 aromatic carbocycles. The Bertz CT molecular complexity index is 795. The molecule has 0 aliphatic heterocycles. The zero-order valence-electron chi connectivity index (χ0n) is 11.0. The maximum Gasteiger partial charge on any atom is 0.186 e. The quantitative estimate of drug-likeness (QED) is 0.781. The summed E-state index contributed by atoms with van der Waals surface area (Å²) in [6.07, 6.45) is 0.677. The van der Waals surface area contributed by atoms with Gasteiger partial charge in [0, 0.05) is 5.56 Å². The van der Waals surface area contributed by atoms with Crippen molar-refractivity contribution in [2.75, 3.05) is 0 Å². The van der Waals surface area contributed by atoms with Gasteiger partial charge in [-0.3, -0.25) is 0 Å². The Labute approximate surface area is 113 Å². The summed E-state index contributed by atoms with van der Waals surface area (Å²) in [5.74, 6) is -1.38. The van der Waals surface area contributed by atoms with Crippen LogP contribution in [0, 0.1) is 18.6 Å². The number of H-pyrrole nitrogens is 1. The Hall–Kier alpha value is -2.37. The van der Waals surface area contributed by atoms with Crippen LogP contribution in [0.2, 0.25) is 0 Å². The van der Waals surface area contributed by atoms with Crippen LogP contribution in [0.3, 0.4) is 0 Å². The van der Waals surface area contributed by atoms with E-state index in [4.69, 9.17) is 0 Å². The number of aromatic nitrogens is 4. The van der Waals surface area contributed by atoms with Crippen LogP contribution in [-0.4, -0.2) is 20.2 Å². The highest BCUT2D eigenvalue weighted by molar-refractivity contribution is 5.80. The second-order valence-corrected chi connectivity index (χ2v) is 4.54. The molecule has 20 heavy (non-hydrogen) atoms. The summed E-state index contributed by atoms with van der Waals surface area (Å²) < 4.78 is 26.9. The minimum absolute atomic E-state index is 0.00322. The van der Waals surface area contributed by atoms with E-state index in [0.29, 0.717) is 17.8 Å². The molecule has 0 spiro atoms. The van der Waals surface area contributed by atoms with Crippen molar-refractivity contribution in [1.29, 1.82) is 0 Å². The SMILES string of the molecule is CCc1nnc(C)cc1-c1nc2c(F)c(F)ccc2[nH]1. The first-order valence-electron chi connectivity index (χ1n) is 6.27. The zero-order chi connectivity index (χ0) is 14.3. The maximum absolute atomic E-state index is 13.7. The molecule has 0 fully saturated rings. The predicted octanol–water partition coefficient (Wildman–Crippen LogP) is 3.17. The second kappa shape index (κ2) is 4.63. The molecule has 0 bridgehead atoms. The van der Waals surface area contributed by atoms with Crippen molar-refractivity contribution in [3.05, 3.63) is 41.2 Å². The first-order chi connectivity index (χ1) is 9.60. The third kappa shape index (κ3) is 1.93. The van der Waals surface area contributed by atoms with Gasteiger partial charge in [0.25, 0.3) is 0 Å². The fourth-order valence-electron chi connectivity index (χ4n) is 2.13. The molecule has 0 atom stereocenters. The third-order valence-corrected chi connectivity index (χ3v) is 3.13. The van der Waals surface area contributed by atoms with Gasteiger partial charge < -0.3 is 4.98 Å². The molecular weight excluding hydrogens is 262 g/mol. The normalized spacial score (nSPS) is 11.2. The first kappa shape index (κ1) is 12.7. The number of benzene rings is 1. The molecule has 0 radical (unpaired) electrons. The maximum atomic E-state index is 13.7. The highest BCUT2D eigenvalue weighted by Gasteiger charge is 2.15. The van der Waals surface area contributed by atoms with Crippen LogP contribution in [-0.2, 0) is 6.42 Å². The Morgan fingerprint density at radius 3 is 2.75 bits per heavy atom. The van der Waals surface area contributed by atoms with E-state index in [1.54, 1.807) is 0 Å². The Morgan fingerprint density at radius 2 is 2.00 bits per heavy atom. The highest BCUT2D eigenvalue weighted by Crippen LogP contribution is 2.25. The molecule has 3 aromatic rings. The fourth-order valence-corrected chi connectivity index (χ4v) is 2.13. The molecule has 0 saturated heterocycles. The van der Waals surface area contributed by atoms with Crippen molar-refractivity contribution in [3.8, 4) is 11.4 Å². The number of aryl methyl sites for hydroxylation is 2. The van der Waals surface area contributed by atoms with Gasteiger partial charge in [-0.1, -0.05) is 6.92 Å². The number of nitrogens with zero attached hydrogens (tertiary/aromatic N) is 3. The average molecular weight is 274 g/mol. The summed E-state index contributed by atoms with van der Waals surface area (Å²) in [5.41, 5.74) is 2.71. The van der Waals surface area contributed by atoms with Gasteiger partial charge in [-0.2, -0.15) is 10.2 Å². The van der Waals surface area contributed by atoms with Crippen molar-refractivity contribution >= 4 is 11.0 Å². The topological polar surface area (TPSA) is 54.5 Å². The molecule has 0 saturated carbocycles. The Balaban J connectivity index is 2.25. The summed E-state index contributed by atoms with van der Waals surface area (Å²) in [6, 6.07) is 4.38. The number of rotatable bonds is 2. The number of hydrogen-bond donors (Lipinski definition) is 1. The lowest BCUT2D eigenvalue weighted by Gasteiger charge is -2.03. The number of hydrogen-bond acceptors (Lipinski definition) is 3. The third-order valence-electron chi connectivity index (χ3n) is 3.13. The van der Waals surface area contributed by atoms with Crippen LogP contribution in [0.15, 0.2) is 18.2 Å². The molecule has 0 unspecified atom stereocenters. The van der Waals surface area contributed by atoms with E-state index in [9.17, 15) is 8.78 Å². The molecule has 6 heteroatoms. The molecule has 1 N–H and O–H groups in total. The second-order valence-electron chi connectivity index (χ2n) is 4.54. The van der Waals surface area contributed by atoms with E-state index in [-0.39, 0.29) is 5.52 Å². The van der Waals surface area contributed by atoms with Gasteiger partial charge in [0.1, 0.15) is 11.3 Å². The number of nitrogens with one attached hydrogen (secondary N) is 1. The summed E-state index contributed by atoms with van der Waals surface area (Å²) in [4.78, 5) is 7.15. The largest absolute Gasteiger partial charge is 0.338 e. The zero-order valence-corrected chi connectivity index (χ0v) is 11.0. The van der Waals surface area contributed by atoms with Crippen LogP contribution in [0.5, 0.6) is 0 Å². The summed E-state index contributed by atoms with van der Waals surface area (Å²) >= 11 is 0. The van der Waals surface area contributed by atoms with Crippen LogP contribution in [0.4, 0.5) is 8.78 Å². The molecular formula is C14H12F2N4. The van der Waals surface area contributed by atoms with Gasteiger partial charge in [0.15, 0.2) is 11.6 Å². The van der Waals surface area contributed by atoms with Crippen molar-refractivity contribution in [1.82, 2.24) is 20.2 Å². The number of fused-ring (bicyclic) bond motifs is 1. The molecule has 3 rings (SSSR count). The smallest absolute Gasteiger partial charge is 0.186 e. The Kier molecular flexibility index (Phi) is 2.93. The van der Waals surface area contributed by atoms with Gasteiger partial charge >= 0.3 is 0 Å². The van der Waals surface area contributed by atoms with Gasteiger partial charge in [0.05, 0.1) is 16.9 Å². The van der Waals surface area contributed by atoms with Crippen molar-refractivity contribution in [2.24, 2.45) is 0 Å². The van der Waals surface area contributed by atoms with Gasteiger partial charge in [-0.05, 0) is 31.5 Å². The first-order valence-corrected chi connectivity index (χ1v) is 6.27. The number of halogens is 2. The predicted molar refractivity (Wildman–Crippen MR) is 71.2 cm³/mol. The molecule has 0 aliphatic carbocycles. The van der Waals surface area contributed by atoms with E-state index >= 15 is 0 Å². The van der Waals surface area contributed by atoms with E-state index in [1.807, 2.05) is 19.9 Å². The molecule has 2 aromatic heterocycles. The molecule has 102 valence electrons. The number of imidazole rings is 1. The van der Waals surface area contributed by atoms with E-state index < -0.39 is 11.6 Å².